The number of anilines is 1. The topological polar surface area (TPSA) is 65.5 Å². The van der Waals surface area contributed by atoms with E-state index >= 15 is 0 Å². The molecule has 1 aliphatic carbocycles. The second kappa shape index (κ2) is 6.20. The van der Waals surface area contributed by atoms with Gasteiger partial charge in [0, 0.05) is 30.7 Å². The minimum absolute atomic E-state index is 0.00124. The molecule has 0 bridgehead atoms. The summed E-state index contributed by atoms with van der Waals surface area (Å²) in [7, 11) is 0. The first-order valence-electron chi connectivity index (χ1n) is 8.51. The van der Waals surface area contributed by atoms with E-state index in [0.29, 0.717) is 32.1 Å². The Morgan fingerprint density at radius 2 is 2.00 bits per heavy atom. The molecule has 23 heavy (non-hydrogen) atoms. The van der Waals surface area contributed by atoms with E-state index in [2.05, 4.69) is 10.3 Å². The lowest BCUT2D eigenvalue weighted by Crippen LogP contribution is -2.66. The van der Waals surface area contributed by atoms with E-state index in [1.807, 2.05) is 6.20 Å². The Bertz CT molecular complexity index is 611. The summed E-state index contributed by atoms with van der Waals surface area (Å²) in [5.74, 6) is 0.641. The van der Waals surface area contributed by atoms with Crippen molar-refractivity contribution in [1.29, 1.82) is 0 Å². The molecule has 1 N–H and O–H groups in total. The lowest BCUT2D eigenvalue weighted by molar-refractivity contribution is -0.143. The fraction of sp³-hybridized carbons (Fsp3) is 0.688. The summed E-state index contributed by atoms with van der Waals surface area (Å²) < 4.78 is 0. The van der Waals surface area contributed by atoms with Gasteiger partial charge in [0.25, 0.3) is 5.91 Å². The van der Waals surface area contributed by atoms with Crippen molar-refractivity contribution in [3.63, 3.8) is 0 Å². The van der Waals surface area contributed by atoms with Crippen molar-refractivity contribution in [2.75, 3.05) is 31.1 Å². The largest absolute Gasteiger partial charge is 0.326 e. The molecule has 4 rings (SSSR count). The van der Waals surface area contributed by atoms with Gasteiger partial charge in [-0.2, -0.15) is 0 Å². The van der Waals surface area contributed by atoms with Gasteiger partial charge in [0.15, 0.2) is 5.13 Å². The molecule has 2 amide bonds. The van der Waals surface area contributed by atoms with Gasteiger partial charge in [0.2, 0.25) is 5.91 Å². The highest BCUT2D eigenvalue weighted by molar-refractivity contribution is 7.15. The number of thiazole rings is 1. The molecule has 1 aromatic heterocycles. The predicted octanol–water partition coefficient (Wildman–Crippen LogP) is 1.34. The smallest absolute Gasteiger partial charge is 0.252 e. The molecule has 1 atom stereocenters. The summed E-state index contributed by atoms with van der Waals surface area (Å²) in [5, 5.41) is 3.84. The molecule has 1 aromatic rings. The molecule has 0 aromatic carbocycles. The van der Waals surface area contributed by atoms with Crippen LogP contribution in [0.1, 0.15) is 42.9 Å². The number of carbonyl (C=O) groups is 2. The van der Waals surface area contributed by atoms with Crippen molar-refractivity contribution in [1.82, 2.24) is 15.2 Å². The first kappa shape index (κ1) is 15.1. The molecule has 0 unspecified atom stereocenters. The van der Waals surface area contributed by atoms with Crippen LogP contribution in [-0.2, 0) is 9.59 Å². The average Bonchev–Trinajstić information content (AvgIpc) is 3.07. The predicted molar refractivity (Wildman–Crippen MR) is 88.7 cm³/mol. The Labute approximate surface area is 139 Å². The van der Waals surface area contributed by atoms with Crippen molar-refractivity contribution < 1.29 is 9.59 Å². The van der Waals surface area contributed by atoms with E-state index in [1.54, 1.807) is 21.1 Å². The third-order valence-corrected chi connectivity index (χ3v) is 6.36. The van der Waals surface area contributed by atoms with Crippen LogP contribution in [0, 0.1) is 0 Å². The van der Waals surface area contributed by atoms with Gasteiger partial charge in [-0.15, -0.1) is 11.3 Å². The Kier molecular flexibility index (Phi) is 4.07. The molecule has 1 saturated carbocycles. The number of hydrogen-bond donors (Lipinski definition) is 1. The number of carbonyl (C=O) groups excluding carboxylic acids is 2. The second-order valence-electron chi connectivity index (χ2n) is 6.60. The molecular weight excluding hydrogens is 312 g/mol. The van der Waals surface area contributed by atoms with E-state index in [9.17, 15) is 9.59 Å². The van der Waals surface area contributed by atoms with Crippen molar-refractivity contribution >= 4 is 28.3 Å². The van der Waals surface area contributed by atoms with Crippen molar-refractivity contribution in [2.45, 2.75) is 44.1 Å². The molecule has 2 aliphatic heterocycles. The SMILES string of the molecule is O=C1[C@H]2CNCC(=O)N2CCN1c1ncc(C2CCCCC2)s1. The molecular formula is C16H22N4O2S. The number of rotatable bonds is 2. The molecule has 0 radical (unpaired) electrons. The van der Waals surface area contributed by atoms with Crippen molar-refractivity contribution in [3.8, 4) is 0 Å². The number of piperazine rings is 2. The van der Waals surface area contributed by atoms with Crippen LogP contribution in [0.5, 0.6) is 0 Å². The Morgan fingerprint density at radius 3 is 2.83 bits per heavy atom. The summed E-state index contributed by atoms with van der Waals surface area (Å²) in [4.78, 5) is 34.0. The van der Waals surface area contributed by atoms with E-state index in [-0.39, 0.29) is 17.9 Å². The number of nitrogens with one attached hydrogen (secondary N) is 1. The van der Waals surface area contributed by atoms with Gasteiger partial charge >= 0.3 is 0 Å². The second-order valence-corrected chi connectivity index (χ2v) is 7.64. The Hall–Kier alpha value is -1.47. The summed E-state index contributed by atoms with van der Waals surface area (Å²) in [6, 6.07) is -0.368. The van der Waals surface area contributed by atoms with Gasteiger partial charge in [0.1, 0.15) is 6.04 Å². The normalized spacial score (nSPS) is 26.5. The van der Waals surface area contributed by atoms with Crippen molar-refractivity contribution in [2.24, 2.45) is 0 Å². The maximum absolute atomic E-state index is 12.7. The van der Waals surface area contributed by atoms with E-state index in [1.165, 1.54) is 37.0 Å². The van der Waals surface area contributed by atoms with Gasteiger partial charge in [0.05, 0.1) is 6.54 Å². The summed E-state index contributed by atoms with van der Waals surface area (Å²) in [6.07, 6.45) is 8.37. The minimum atomic E-state index is -0.368. The standard InChI is InChI=1S/C16H22N4O2S/c21-14-10-17-8-12-15(22)20(7-6-19(12)14)16-18-9-13(23-16)11-4-2-1-3-5-11/h9,11-12,17H,1-8,10H2/t12-/m1/s1. The molecule has 0 spiro atoms. The first-order valence-corrected chi connectivity index (χ1v) is 9.33. The fourth-order valence-corrected chi connectivity index (χ4v) is 4.98. The number of aromatic nitrogens is 1. The van der Waals surface area contributed by atoms with Gasteiger partial charge in [-0.05, 0) is 18.8 Å². The summed E-state index contributed by atoms with van der Waals surface area (Å²) >= 11 is 1.66. The Morgan fingerprint density at radius 1 is 1.17 bits per heavy atom. The fourth-order valence-electron chi connectivity index (χ4n) is 3.87. The summed E-state index contributed by atoms with van der Waals surface area (Å²) in [6.45, 7) is 2.04. The maximum atomic E-state index is 12.7. The van der Waals surface area contributed by atoms with E-state index in [4.69, 9.17) is 0 Å². The van der Waals surface area contributed by atoms with Crippen molar-refractivity contribution in [3.05, 3.63) is 11.1 Å². The monoisotopic (exact) mass is 334 g/mol. The molecule has 6 nitrogen and oxygen atoms in total. The third-order valence-electron chi connectivity index (χ3n) is 5.18. The van der Waals surface area contributed by atoms with Crippen LogP contribution < -0.4 is 10.2 Å². The third kappa shape index (κ3) is 2.76. The Balaban J connectivity index is 1.51. The maximum Gasteiger partial charge on any atom is 0.252 e. The highest BCUT2D eigenvalue weighted by Gasteiger charge is 2.40. The van der Waals surface area contributed by atoms with Gasteiger partial charge < -0.3 is 10.2 Å². The average molecular weight is 334 g/mol. The molecule has 2 saturated heterocycles. The van der Waals surface area contributed by atoms with Gasteiger partial charge in [-0.1, -0.05) is 19.3 Å². The van der Waals surface area contributed by atoms with Crippen LogP contribution in [-0.4, -0.2) is 53.9 Å². The zero-order valence-electron chi connectivity index (χ0n) is 13.2. The van der Waals surface area contributed by atoms with E-state index in [0.717, 1.165) is 5.13 Å². The molecule has 7 heteroatoms. The van der Waals surface area contributed by atoms with Crippen LogP contribution in [0.25, 0.3) is 0 Å². The number of fused-ring (bicyclic) bond motifs is 1. The van der Waals surface area contributed by atoms with Crippen LogP contribution in [0.2, 0.25) is 0 Å². The minimum Gasteiger partial charge on any atom is -0.326 e. The number of amides is 2. The first-order chi connectivity index (χ1) is 11.2. The number of nitrogens with zero attached hydrogens (tertiary/aromatic N) is 3. The molecule has 3 fully saturated rings. The quantitative estimate of drug-likeness (QED) is 0.886. The van der Waals surface area contributed by atoms with Gasteiger partial charge in [-0.25, -0.2) is 4.98 Å². The van der Waals surface area contributed by atoms with Gasteiger partial charge in [-0.3, -0.25) is 14.5 Å². The van der Waals surface area contributed by atoms with Crippen LogP contribution in [0.4, 0.5) is 5.13 Å². The molecule has 3 heterocycles. The summed E-state index contributed by atoms with van der Waals surface area (Å²) in [5.41, 5.74) is 0. The highest BCUT2D eigenvalue weighted by atomic mass is 32.1. The lowest BCUT2D eigenvalue weighted by Gasteiger charge is -2.42. The van der Waals surface area contributed by atoms with E-state index < -0.39 is 0 Å². The lowest BCUT2D eigenvalue weighted by atomic mass is 9.89. The van der Waals surface area contributed by atoms with Crippen LogP contribution in [0.3, 0.4) is 0 Å². The van der Waals surface area contributed by atoms with Crippen LogP contribution in [0.15, 0.2) is 6.20 Å². The molecule has 3 aliphatic rings. The number of hydrogen-bond acceptors (Lipinski definition) is 5. The zero-order valence-corrected chi connectivity index (χ0v) is 14.0. The highest BCUT2D eigenvalue weighted by Crippen LogP contribution is 2.38. The van der Waals surface area contributed by atoms with Crippen LogP contribution >= 0.6 is 11.3 Å². The molecule has 124 valence electrons. The zero-order chi connectivity index (χ0) is 15.8.